The predicted molar refractivity (Wildman–Crippen MR) is 89.1 cm³/mol. The molecule has 6 heteroatoms. The van der Waals surface area contributed by atoms with Gasteiger partial charge in [0.15, 0.2) is 0 Å². The van der Waals surface area contributed by atoms with Gasteiger partial charge in [0.1, 0.15) is 11.9 Å². The Bertz CT molecular complexity index is 717. The molecule has 126 valence electrons. The highest BCUT2D eigenvalue weighted by Gasteiger charge is 2.29. The molecule has 5 nitrogen and oxygen atoms in total. The summed E-state index contributed by atoms with van der Waals surface area (Å²) in [5.41, 5.74) is 2.14. The highest BCUT2D eigenvalue weighted by atomic mass is 19.1. The summed E-state index contributed by atoms with van der Waals surface area (Å²) in [5, 5.41) is 2.91. The Morgan fingerprint density at radius 1 is 1.29 bits per heavy atom. The summed E-state index contributed by atoms with van der Waals surface area (Å²) in [4.78, 5) is 19.0. The molecule has 0 radical (unpaired) electrons. The van der Waals surface area contributed by atoms with Gasteiger partial charge in [0, 0.05) is 30.7 Å². The molecule has 24 heavy (non-hydrogen) atoms. The first-order chi connectivity index (χ1) is 11.6. The van der Waals surface area contributed by atoms with E-state index in [0.717, 1.165) is 5.69 Å². The second-order valence-electron chi connectivity index (χ2n) is 5.78. The van der Waals surface area contributed by atoms with Crippen molar-refractivity contribution in [3.8, 4) is 0 Å². The molecule has 0 spiro atoms. The third-order valence-corrected chi connectivity index (χ3v) is 3.99. The molecule has 1 atom stereocenters. The third kappa shape index (κ3) is 3.96. The molecule has 0 aliphatic carbocycles. The number of carbonyl (C=O) groups is 1. The van der Waals surface area contributed by atoms with E-state index in [1.54, 1.807) is 30.5 Å². The molecule has 1 saturated heterocycles. The van der Waals surface area contributed by atoms with E-state index < -0.39 is 6.04 Å². The molecule has 1 aliphatic heterocycles. The van der Waals surface area contributed by atoms with Gasteiger partial charge < -0.3 is 10.1 Å². The van der Waals surface area contributed by atoms with E-state index in [2.05, 4.69) is 10.3 Å². The van der Waals surface area contributed by atoms with Crippen molar-refractivity contribution in [2.75, 3.05) is 31.6 Å². The average molecular weight is 329 g/mol. The normalized spacial score (nSPS) is 16.6. The van der Waals surface area contributed by atoms with E-state index in [-0.39, 0.29) is 11.7 Å². The van der Waals surface area contributed by atoms with Crippen molar-refractivity contribution < 1.29 is 13.9 Å². The number of nitrogens with zero attached hydrogens (tertiary/aromatic N) is 2. The zero-order valence-corrected chi connectivity index (χ0v) is 13.5. The monoisotopic (exact) mass is 329 g/mol. The molecule has 2 aromatic rings. The number of pyridine rings is 1. The summed E-state index contributed by atoms with van der Waals surface area (Å²) in [5.74, 6) is -0.536. The highest BCUT2D eigenvalue weighted by molar-refractivity contribution is 5.95. The van der Waals surface area contributed by atoms with Crippen LogP contribution in [0, 0.1) is 12.7 Å². The van der Waals surface area contributed by atoms with Crippen LogP contribution in [0.2, 0.25) is 0 Å². The number of rotatable bonds is 4. The standard InChI is InChI=1S/C18H20FN3O2/c1-13-11-16(5-6-20-13)21-18(23)17(22-7-9-24-10-8-22)14-3-2-4-15(19)12-14/h2-6,11-12,17H,7-10H2,1H3,(H,20,21,23)/t17-/m0/s1. The van der Waals surface area contributed by atoms with Crippen molar-refractivity contribution in [3.63, 3.8) is 0 Å². The zero-order valence-electron chi connectivity index (χ0n) is 13.5. The first kappa shape index (κ1) is 16.5. The number of carbonyl (C=O) groups excluding carboxylic acids is 1. The van der Waals surface area contributed by atoms with Crippen LogP contribution in [0.4, 0.5) is 10.1 Å². The zero-order chi connectivity index (χ0) is 16.9. The number of hydrogen-bond donors (Lipinski definition) is 1. The SMILES string of the molecule is Cc1cc(NC(=O)[C@H](c2cccc(F)c2)N2CCOCC2)ccn1. The van der Waals surface area contributed by atoms with Crippen LogP contribution in [-0.2, 0) is 9.53 Å². The van der Waals surface area contributed by atoms with Crippen LogP contribution in [0.25, 0.3) is 0 Å². The molecular weight excluding hydrogens is 309 g/mol. The molecular formula is C18H20FN3O2. The summed E-state index contributed by atoms with van der Waals surface area (Å²) in [6, 6.07) is 9.19. The van der Waals surface area contributed by atoms with Gasteiger partial charge in [0.25, 0.3) is 0 Å². The van der Waals surface area contributed by atoms with E-state index >= 15 is 0 Å². The van der Waals surface area contributed by atoms with Crippen LogP contribution in [0.1, 0.15) is 17.3 Å². The lowest BCUT2D eigenvalue weighted by molar-refractivity contribution is -0.123. The summed E-state index contributed by atoms with van der Waals surface area (Å²) < 4.78 is 19.0. The molecule has 3 rings (SSSR count). The first-order valence-corrected chi connectivity index (χ1v) is 7.94. The Hall–Kier alpha value is -2.31. The van der Waals surface area contributed by atoms with Gasteiger partial charge in [-0.05, 0) is 36.8 Å². The Morgan fingerprint density at radius 2 is 2.08 bits per heavy atom. The van der Waals surface area contributed by atoms with Crippen molar-refractivity contribution in [2.24, 2.45) is 0 Å². The number of nitrogens with one attached hydrogen (secondary N) is 1. The number of amides is 1. The fraction of sp³-hybridized carbons (Fsp3) is 0.333. The van der Waals surface area contributed by atoms with Gasteiger partial charge in [0.2, 0.25) is 5.91 Å². The maximum Gasteiger partial charge on any atom is 0.246 e. The molecule has 1 aliphatic rings. The molecule has 1 aromatic heterocycles. The van der Waals surface area contributed by atoms with E-state index in [1.807, 2.05) is 11.8 Å². The van der Waals surface area contributed by atoms with E-state index in [0.29, 0.717) is 37.6 Å². The van der Waals surface area contributed by atoms with E-state index in [9.17, 15) is 9.18 Å². The Labute approximate surface area is 140 Å². The number of aromatic nitrogens is 1. The predicted octanol–water partition coefficient (Wildman–Crippen LogP) is 2.54. The van der Waals surface area contributed by atoms with Crippen LogP contribution in [0.3, 0.4) is 0 Å². The molecule has 0 saturated carbocycles. The van der Waals surface area contributed by atoms with Gasteiger partial charge in [-0.25, -0.2) is 4.39 Å². The van der Waals surface area contributed by atoms with Gasteiger partial charge >= 0.3 is 0 Å². The van der Waals surface area contributed by atoms with Crippen LogP contribution < -0.4 is 5.32 Å². The van der Waals surface area contributed by atoms with Crippen molar-refractivity contribution in [3.05, 3.63) is 59.7 Å². The summed E-state index contributed by atoms with van der Waals surface area (Å²) in [6.07, 6.45) is 1.65. The number of morpholine rings is 1. The topological polar surface area (TPSA) is 54.5 Å². The Morgan fingerprint density at radius 3 is 2.79 bits per heavy atom. The highest BCUT2D eigenvalue weighted by Crippen LogP contribution is 2.24. The van der Waals surface area contributed by atoms with E-state index in [4.69, 9.17) is 4.74 Å². The second-order valence-corrected chi connectivity index (χ2v) is 5.78. The minimum atomic E-state index is -0.557. The quantitative estimate of drug-likeness (QED) is 0.936. The van der Waals surface area contributed by atoms with Crippen LogP contribution in [0.15, 0.2) is 42.6 Å². The molecule has 1 amide bonds. The van der Waals surface area contributed by atoms with Gasteiger partial charge in [-0.2, -0.15) is 0 Å². The van der Waals surface area contributed by atoms with Crippen LogP contribution in [0.5, 0.6) is 0 Å². The van der Waals surface area contributed by atoms with E-state index in [1.165, 1.54) is 12.1 Å². The van der Waals surface area contributed by atoms with Crippen molar-refractivity contribution in [1.29, 1.82) is 0 Å². The number of benzene rings is 1. The smallest absolute Gasteiger partial charge is 0.246 e. The third-order valence-electron chi connectivity index (χ3n) is 3.99. The van der Waals surface area contributed by atoms with Crippen molar-refractivity contribution in [2.45, 2.75) is 13.0 Å². The van der Waals surface area contributed by atoms with Gasteiger partial charge in [0.05, 0.1) is 13.2 Å². The number of aryl methyl sites for hydroxylation is 1. The van der Waals surface area contributed by atoms with Gasteiger partial charge in [-0.15, -0.1) is 0 Å². The lowest BCUT2D eigenvalue weighted by Crippen LogP contribution is -2.43. The molecule has 1 N–H and O–H groups in total. The second kappa shape index (κ2) is 7.51. The number of halogens is 1. The van der Waals surface area contributed by atoms with Crippen molar-refractivity contribution in [1.82, 2.24) is 9.88 Å². The lowest BCUT2D eigenvalue weighted by Gasteiger charge is -2.33. The van der Waals surface area contributed by atoms with Crippen LogP contribution >= 0.6 is 0 Å². The minimum Gasteiger partial charge on any atom is -0.379 e. The largest absolute Gasteiger partial charge is 0.379 e. The Balaban J connectivity index is 1.87. The van der Waals surface area contributed by atoms with Gasteiger partial charge in [-0.3, -0.25) is 14.7 Å². The number of anilines is 1. The van der Waals surface area contributed by atoms with Crippen LogP contribution in [-0.4, -0.2) is 42.1 Å². The summed E-state index contributed by atoms with van der Waals surface area (Å²) in [6.45, 7) is 4.25. The summed E-state index contributed by atoms with van der Waals surface area (Å²) in [7, 11) is 0. The number of hydrogen-bond acceptors (Lipinski definition) is 4. The molecule has 1 fully saturated rings. The lowest BCUT2D eigenvalue weighted by atomic mass is 10.0. The molecule has 1 aromatic carbocycles. The van der Waals surface area contributed by atoms with Crippen molar-refractivity contribution >= 4 is 11.6 Å². The Kier molecular flexibility index (Phi) is 5.17. The fourth-order valence-electron chi connectivity index (χ4n) is 2.87. The fourth-order valence-corrected chi connectivity index (χ4v) is 2.87. The maximum atomic E-state index is 13.7. The van der Waals surface area contributed by atoms with Gasteiger partial charge in [-0.1, -0.05) is 12.1 Å². The molecule has 0 unspecified atom stereocenters. The molecule has 0 bridgehead atoms. The first-order valence-electron chi connectivity index (χ1n) is 7.94. The molecule has 2 heterocycles. The maximum absolute atomic E-state index is 13.7. The average Bonchev–Trinajstić information content (AvgIpc) is 2.56. The summed E-state index contributed by atoms with van der Waals surface area (Å²) >= 11 is 0. The minimum absolute atomic E-state index is 0.187. The number of ether oxygens (including phenoxy) is 1.